The van der Waals surface area contributed by atoms with Gasteiger partial charge in [-0.15, -0.1) is 11.3 Å². The molecule has 0 radical (unpaired) electrons. The van der Waals surface area contributed by atoms with Crippen molar-refractivity contribution in [1.29, 1.82) is 0 Å². The standard InChI is InChI=1S/C18H25N3O2S/c1-12(13-4-5-13)21(14-6-7-14)16(22)11-20-9-8-19-18(23)17(20)15-3-2-10-24-15/h2-3,10,12-14,17H,4-9,11H2,1H3,(H,19,23)/t12-,17-/m0/s1. The van der Waals surface area contributed by atoms with Crippen LogP contribution in [-0.2, 0) is 9.59 Å². The zero-order valence-electron chi connectivity index (χ0n) is 14.1. The Hall–Kier alpha value is -1.40. The van der Waals surface area contributed by atoms with Crippen molar-refractivity contribution in [2.45, 2.75) is 50.7 Å². The van der Waals surface area contributed by atoms with E-state index in [-0.39, 0.29) is 17.9 Å². The van der Waals surface area contributed by atoms with Crippen molar-refractivity contribution in [3.63, 3.8) is 0 Å². The maximum Gasteiger partial charge on any atom is 0.242 e. The average Bonchev–Trinajstić information content (AvgIpc) is 3.47. The molecule has 0 unspecified atom stereocenters. The second-order valence-corrected chi connectivity index (χ2v) is 8.27. The molecule has 6 heteroatoms. The Kier molecular flexibility index (Phi) is 4.35. The second-order valence-electron chi connectivity index (χ2n) is 7.29. The van der Waals surface area contributed by atoms with Crippen LogP contribution in [-0.4, -0.2) is 53.3 Å². The summed E-state index contributed by atoms with van der Waals surface area (Å²) in [5, 5.41) is 4.93. The van der Waals surface area contributed by atoms with E-state index in [1.807, 2.05) is 17.5 Å². The van der Waals surface area contributed by atoms with E-state index in [0.717, 1.165) is 24.3 Å². The van der Waals surface area contributed by atoms with Gasteiger partial charge in [0.2, 0.25) is 11.8 Å². The van der Waals surface area contributed by atoms with Crippen LogP contribution in [0.3, 0.4) is 0 Å². The van der Waals surface area contributed by atoms with Crippen molar-refractivity contribution >= 4 is 23.2 Å². The Morgan fingerprint density at radius 1 is 1.42 bits per heavy atom. The lowest BCUT2D eigenvalue weighted by molar-refractivity contribution is -0.139. The van der Waals surface area contributed by atoms with E-state index in [9.17, 15) is 9.59 Å². The van der Waals surface area contributed by atoms with Crippen molar-refractivity contribution in [1.82, 2.24) is 15.1 Å². The van der Waals surface area contributed by atoms with Gasteiger partial charge in [0.25, 0.3) is 0 Å². The first-order chi connectivity index (χ1) is 11.6. The summed E-state index contributed by atoms with van der Waals surface area (Å²) in [7, 11) is 0. The van der Waals surface area contributed by atoms with E-state index in [1.165, 1.54) is 12.8 Å². The lowest BCUT2D eigenvalue weighted by atomic mass is 10.1. The summed E-state index contributed by atoms with van der Waals surface area (Å²) in [6.45, 7) is 3.91. The zero-order chi connectivity index (χ0) is 16.7. The van der Waals surface area contributed by atoms with Gasteiger partial charge in [-0.05, 0) is 50.0 Å². The molecule has 1 N–H and O–H groups in total. The maximum atomic E-state index is 13.0. The van der Waals surface area contributed by atoms with Crippen molar-refractivity contribution in [3.05, 3.63) is 22.4 Å². The summed E-state index contributed by atoms with van der Waals surface area (Å²) in [5.41, 5.74) is 0. The topological polar surface area (TPSA) is 52.7 Å². The third kappa shape index (κ3) is 3.22. The molecule has 0 spiro atoms. The highest BCUT2D eigenvalue weighted by Gasteiger charge is 2.43. The monoisotopic (exact) mass is 347 g/mol. The van der Waals surface area contributed by atoms with Crippen LogP contribution in [0.5, 0.6) is 0 Å². The van der Waals surface area contributed by atoms with Crippen LogP contribution in [0.2, 0.25) is 0 Å². The third-order valence-electron chi connectivity index (χ3n) is 5.43. The Balaban J connectivity index is 1.49. The Morgan fingerprint density at radius 2 is 2.21 bits per heavy atom. The van der Waals surface area contributed by atoms with Crippen LogP contribution in [0.15, 0.2) is 17.5 Å². The molecule has 2 amide bonds. The second kappa shape index (κ2) is 6.48. The summed E-state index contributed by atoms with van der Waals surface area (Å²) in [4.78, 5) is 30.6. The number of nitrogens with one attached hydrogen (secondary N) is 1. The minimum Gasteiger partial charge on any atom is -0.353 e. The first kappa shape index (κ1) is 16.1. The molecule has 24 heavy (non-hydrogen) atoms. The number of amides is 2. The van der Waals surface area contributed by atoms with Gasteiger partial charge in [-0.1, -0.05) is 6.07 Å². The summed E-state index contributed by atoms with van der Waals surface area (Å²) < 4.78 is 0. The number of hydrogen-bond acceptors (Lipinski definition) is 4. The minimum atomic E-state index is -0.319. The van der Waals surface area contributed by atoms with Crippen LogP contribution in [0, 0.1) is 5.92 Å². The molecule has 1 aromatic heterocycles. The van der Waals surface area contributed by atoms with Gasteiger partial charge in [0.05, 0.1) is 6.54 Å². The predicted octanol–water partition coefficient (Wildman–Crippen LogP) is 2.01. The average molecular weight is 347 g/mol. The lowest BCUT2D eigenvalue weighted by Gasteiger charge is -2.37. The minimum absolute atomic E-state index is 0.0183. The smallest absolute Gasteiger partial charge is 0.242 e. The highest BCUT2D eigenvalue weighted by Crippen LogP contribution is 2.40. The molecule has 0 aromatic carbocycles. The van der Waals surface area contributed by atoms with Crippen LogP contribution in [0.4, 0.5) is 0 Å². The number of thiophene rings is 1. The predicted molar refractivity (Wildman–Crippen MR) is 93.7 cm³/mol. The highest BCUT2D eigenvalue weighted by atomic mass is 32.1. The first-order valence-corrected chi connectivity index (χ1v) is 9.89. The summed E-state index contributed by atoms with van der Waals surface area (Å²) in [5.74, 6) is 0.908. The Bertz CT molecular complexity index is 610. The highest BCUT2D eigenvalue weighted by molar-refractivity contribution is 7.10. The number of hydrogen-bond donors (Lipinski definition) is 1. The SMILES string of the molecule is C[C@@H](C1CC1)N(C(=O)CN1CCNC(=O)[C@@H]1c1cccs1)C1CC1. The molecule has 2 atom stereocenters. The van der Waals surface area contributed by atoms with Crippen molar-refractivity contribution in [3.8, 4) is 0 Å². The fourth-order valence-corrected chi connectivity index (χ4v) is 4.67. The van der Waals surface area contributed by atoms with Crippen LogP contribution >= 0.6 is 11.3 Å². The van der Waals surface area contributed by atoms with Gasteiger partial charge in [-0.25, -0.2) is 0 Å². The third-order valence-corrected chi connectivity index (χ3v) is 6.36. The van der Waals surface area contributed by atoms with E-state index < -0.39 is 0 Å². The molecule has 3 aliphatic rings. The maximum absolute atomic E-state index is 13.0. The van der Waals surface area contributed by atoms with Gasteiger partial charge < -0.3 is 10.2 Å². The van der Waals surface area contributed by atoms with E-state index in [1.54, 1.807) is 11.3 Å². The molecular formula is C18H25N3O2S. The van der Waals surface area contributed by atoms with Crippen LogP contribution < -0.4 is 5.32 Å². The van der Waals surface area contributed by atoms with E-state index in [2.05, 4.69) is 22.0 Å². The molecule has 1 aliphatic heterocycles. The molecule has 1 aromatic rings. The van der Waals surface area contributed by atoms with Gasteiger partial charge in [-0.3, -0.25) is 14.5 Å². The van der Waals surface area contributed by atoms with Crippen LogP contribution in [0.25, 0.3) is 0 Å². The van der Waals surface area contributed by atoms with Gasteiger partial charge in [0.1, 0.15) is 6.04 Å². The van der Waals surface area contributed by atoms with Gasteiger partial charge >= 0.3 is 0 Å². The molecule has 4 rings (SSSR count). The number of nitrogens with zero attached hydrogens (tertiary/aromatic N) is 2. The lowest BCUT2D eigenvalue weighted by Crippen LogP contribution is -2.54. The van der Waals surface area contributed by atoms with Gasteiger partial charge in [-0.2, -0.15) is 0 Å². The first-order valence-electron chi connectivity index (χ1n) is 9.01. The summed E-state index contributed by atoms with van der Waals surface area (Å²) in [6.07, 6.45) is 4.78. The Morgan fingerprint density at radius 3 is 2.83 bits per heavy atom. The summed E-state index contributed by atoms with van der Waals surface area (Å²) in [6, 6.07) is 4.42. The normalized spacial score (nSPS) is 26.0. The quantitative estimate of drug-likeness (QED) is 0.856. The molecule has 2 aliphatic carbocycles. The number of carbonyl (C=O) groups is 2. The van der Waals surface area contributed by atoms with Crippen LogP contribution in [0.1, 0.15) is 43.5 Å². The molecule has 2 saturated carbocycles. The number of piperazine rings is 1. The van der Waals surface area contributed by atoms with Crippen molar-refractivity contribution in [2.24, 2.45) is 5.92 Å². The van der Waals surface area contributed by atoms with Gasteiger partial charge in [0, 0.05) is 30.1 Å². The molecule has 130 valence electrons. The molecule has 1 saturated heterocycles. The summed E-state index contributed by atoms with van der Waals surface area (Å²) >= 11 is 1.58. The largest absolute Gasteiger partial charge is 0.353 e. The fourth-order valence-electron chi connectivity index (χ4n) is 3.82. The molecule has 0 bridgehead atoms. The molecular weight excluding hydrogens is 322 g/mol. The van der Waals surface area contributed by atoms with Gasteiger partial charge in [0.15, 0.2) is 0 Å². The van der Waals surface area contributed by atoms with E-state index >= 15 is 0 Å². The molecule has 5 nitrogen and oxygen atoms in total. The fraction of sp³-hybridized carbons (Fsp3) is 0.667. The number of rotatable bonds is 6. The van der Waals surface area contributed by atoms with Crippen molar-refractivity contribution < 1.29 is 9.59 Å². The molecule has 2 heterocycles. The van der Waals surface area contributed by atoms with E-state index in [4.69, 9.17) is 0 Å². The van der Waals surface area contributed by atoms with Crippen molar-refractivity contribution in [2.75, 3.05) is 19.6 Å². The molecule has 3 fully saturated rings. The number of carbonyl (C=O) groups excluding carboxylic acids is 2. The Labute approximate surface area is 147 Å². The van der Waals surface area contributed by atoms with E-state index in [0.29, 0.717) is 31.1 Å². The zero-order valence-corrected chi connectivity index (χ0v) is 14.9.